The molecule has 188 valence electrons. The molecule has 3 aromatic rings. The van der Waals surface area contributed by atoms with Crippen LogP contribution < -0.4 is 32.7 Å². The molecule has 0 amide bonds. The Kier molecular flexibility index (Phi) is 8.18. The predicted molar refractivity (Wildman–Crippen MR) is 132 cm³/mol. The van der Waals surface area contributed by atoms with Gasteiger partial charge in [-0.05, 0) is 29.8 Å². The zero-order valence-electron chi connectivity index (χ0n) is 20.5. The van der Waals surface area contributed by atoms with E-state index in [9.17, 15) is 8.42 Å². The van der Waals surface area contributed by atoms with Crippen molar-refractivity contribution in [1.82, 2.24) is 0 Å². The molecule has 0 aliphatic rings. The third kappa shape index (κ3) is 5.32. The first-order valence-corrected chi connectivity index (χ1v) is 11.9. The van der Waals surface area contributed by atoms with Crippen LogP contribution in [0.1, 0.15) is 5.56 Å². The van der Waals surface area contributed by atoms with E-state index < -0.39 is 10.0 Å². The van der Waals surface area contributed by atoms with E-state index in [2.05, 4.69) is 0 Å². The molecule has 0 N–H and O–H groups in total. The van der Waals surface area contributed by atoms with Crippen LogP contribution in [0.15, 0.2) is 59.5 Å². The molecule has 0 aromatic heterocycles. The fraction of sp³-hybridized carbons (Fsp3) is 0.280. The number of hydrogen-bond donors (Lipinski definition) is 0. The van der Waals surface area contributed by atoms with Gasteiger partial charge in [0, 0.05) is 18.2 Å². The SMILES string of the molecule is COc1ccc(CN(c2cc(OC)c(OC)c(OC)c2)S(=O)(=O)c2ccc(OC)c(OC)c2)cc1. The smallest absolute Gasteiger partial charge is 0.264 e. The Morgan fingerprint density at radius 3 is 1.69 bits per heavy atom. The van der Waals surface area contributed by atoms with Crippen molar-refractivity contribution < 1.29 is 36.8 Å². The van der Waals surface area contributed by atoms with E-state index in [0.717, 1.165) is 5.56 Å². The number of ether oxygens (including phenoxy) is 6. The summed E-state index contributed by atoms with van der Waals surface area (Å²) in [6.07, 6.45) is 0. The van der Waals surface area contributed by atoms with Crippen LogP contribution in [0.5, 0.6) is 34.5 Å². The van der Waals surface area contributed by atoms with E-state index in [0.29, 0.717) is 40.2 Å². The number of hydrogen-bond acceptors (Lipinski definition) is 8. The van der Waals surface area contributed by atoms with Gasteiger partial charge in [0.15, 0.2) is 23.0 Å². The van der Waals surface area contributed by atoms with Crippen molar-refractivity contribution in [3.05, 3.63) is 60.2 Å². The van der Waals surface area contributed by atoms with Gasteiger partial charge in [-0.2, -0.15) is 0 Å². The lowest BCUT2D eigenvalue weighted by molar-refractivity contribution is 0.324. The number of benzene rings is 3. The quantitative estimate of drug-likeness (QED) is 0.386. The van der Waals surface area contributed by atoms with E-state index in [4.69, 9.17) is 28.4 Å². The summed E-state index contributed by atoms with van der Waals surface area (Å²) < 4.78 is 61.3. The third-order valence-electron chi connectivity index (χ3n) is 5.37. The number of nitrogens with zero attached hydrogens (tertiary/aromatic N) is 1. The second-order valence-electron chi connectivity index (χ2n) is 7.26. The van der Waals surface area contributed by atoms with Crippen molar-refractivity contribution in [3.63, 3.8) is 0 Å². The fourth-order valence-electron chi connectivity index (χ4n) is 3.53. The average Bonchev–Trinajstić information content (AvgIpc) is 2.90. The Morgan fingerprint density at radius 2 is 1.20 bits per heavy atom. The Morgan fingerprint density at radius 1 is 0.629 bits per heavy atom. The largest absolute Gasteiger partial charge is 0.497 e. The van der Waals surface area contributed by atoms with Gasteiger partial charge in [-0.25, -0.2) is 8.42 Å². The summed E-state index contributed by atoms with van der Waals surface area (Å²) in [6, 6.07) is 14.8. The molecule has 3 aromatic carbocycles. The van der Waals surface area contributed by atoms with Crippen LogP contribution in [0.2, 0.25) is 0 Å². The van der Waals surface area contributed by atoms with Crippen molar-refractivity contribution in [2.45, 2.75) is 11.4 Å². The molecule has 0 saturated carbocycles. The fourth-order valence-corrected chi connectivity index (χ4v) is 4.98. The number of rotatable bonds is 11. The lowest BCUT2D eigenvalue weighted by Crippen LogP contribution is -2.30. The van der Waals surface area contributed by atoms with E-state index in [1.807, 2.05) is 0 Å². The topological polar surface area (TPSA) is 92.8 Å². The minimum atomic E-state index is -4.08. The maximum atomic E-state index is 14.0. The average molecular weight is 504 g/mol. The maximum Gasteiger partial charge on any atom is 0.264 e. The molecular weight excluding hydrogens is 474 g/mol. The third-order valence-corrected chi connectivity index (χ3v) is 7.14. The highest BCUT2D eigenvalue weighted by molar-refractivity contribution is 7.92. The van der Waals surface area contributed by atoms with Crippen molar-refractivity contribution in [2.24, 2.45) is 0 Å². The zero-order valence-corrected chi connectivity index (χ0v) is 21.3. The second-order valence-corrected chi connectivity index (χ2v) is 9.12. The molecule has 0 heterocycles. The summed E-state index contributed by atoms with van der Waals surface area (Å²) in [7, 11) is 4.84. The van der Waals surface area contributed by atoms with Gasteiger partial charge in [0.05, 0.1) is 59.8 Å². The number of methoxy groups -OCH3 is 6. The first-order chi connectivity index (χ1) is 16.8. The van der Waals surface area contributed by atoms with Gasteiger partial charge in [0.25, 0.3) is 10.0 Å². The van der Waals surface area contributed by atoms with Crippen molar-refractivity contribution in [3.8, 4) is 34.5 Å². The molecule has 0 fully saturated rings. The molecule has 0 unspecified atom stereocenters. The first-order valence-electron chi connectivity index (χ1n) is 10.5. The second kappa shape index (κ2) is 11.1. The van der Waals surface area contributed by atoms with Gasteiger partial charge < -0.3 is 28.4 Å². The highest BCUT2D eigenvalue weighted by atomic mass is 32.2. The Balaban J connectivity index is 2.20. The Labute approximate surface area is 205 Å². The van der Waals surface area contributed by atoms with Crippen LogP contribution in [0.25, 0.3) is 0 Å². The lowest BCUT2D eigenvalue weighted by atomic mass is 10.2. The van der Waals surface area contributed by atoms with E-state index in [-0.39, 0.29) is 11.4 Å². The molecule has 0 radical (unpaired) electrons. The van der Waals surface area contributed by atoms with Crippen LogP contribution in [0, 0.1) is 0 Å². The molecule has 0 aliphatic heterocycles. The van der Waals surface area contributed by atoms with E-state index in [1.54, 1.807) is 49.6 Å². The summed E-state index contributed by atoms with van der Waals surface area (Å²) >= 11 is 0. The Bertz CT molecular complexity index is 1230. The van der Waals surface area contributed by atoms with Crippen molar-refractivity contribution >= 4 is 15.7 Å². The van der Waals surface area contributed by atoms with Gasteiger partial charge in [-0.1, -0.05) is 12.1 Å². The van der Waals surface area contributed by atoms with Crippen molar-refractivity contribution in [2.75, 3.05) is 47.0 Å². The predicted octanol–water partition coefficient (Wildman–Crippen LogP) is 4.13. The summed E-state index contributed by atoms with van der Waals surface area (Å²) in [5.41, 5.74) is 1.06. The lowest BCUT2D eigenvalue weighted by Gasteiger charge is -2.26. The molecule has 10 heteroatoms. The van der Waals surface area contributed by atoms with Gasteiger partial charge in [-0.15, -0.1) is 0 Å². The Hall–Kier alpha value is -3.79. The van der Waals surface area contributed by atoms with Gasteiger partial charge in [-0.3, -0.25) is 4.31 Å². The van der Waals surface area contributed by atoms with Gasteiger partial charge in [0.1, 0.15) is 5.75 Å². The summed E-state index contributed by atoms with van der Waals surface area (Å²) in [4.78, 5) is 0.0254. The minimum Gasteiger partial charge on any atom is -0.497 e. The molecular formula is C25H29NO8S. The maximum absolute atomic E-state index is 14.0. The molecule has 0 aliphatic carbocycles. The van der Waals surface area contributed by atoms with Crippen LogP contribution in [-0.4, -0.2) is 51.1 Å². The number of sulfonamides is 1. The van der Waals surface area contributed by atoms with Crippen LogP contribution >= 0.6 is 0 Å². The van der Waals surface area contributed by atoms with Crippen molar-refractivity contribution in [1.29, 1.82) is 0 Å². The monoisotopic (exact) mass is 503 g/mol. The molecule has 0 spiro atoms. The first kappa shape index (κ1) is 25.8. The van der Waals surface area contributed by atoms with E-state index in [1.165, 1.54) is 52.0 Å². The summed E-state index contributed by atoms with van der Waals surface area (Å²) in [5.74, 6) is 2.37. The highest BCUT2D eigenvalue weighted by Crippen LogP contribution is 2.43. The summed E-state index contributed by atoms with van der Waals surface area (Å²) in [6.45, 7) is 0.0271. The highest BCUT2D eigenvalue weighted by Gasteiger charge is 2.29. The minimum absolute atomic E-state index is 0.0254. The van der Waals surface area contributed by atoms with Gasteiger partial charge in [0.2, 0.25) is 5.75 Å². The van der Waals surface area contributed by atoms with Crippen LogP contribution in [0.4, 0.5) is 5.69 Å². The molecule has 3 rings (SSSR count). The normalized spacial score (nSPS) is 10.9. The van der Waals surface area contributed by atoms with Gasteiger partial charge >= 0.3 is 0 Å². The molecule has 35 heavy (non-hydrogen) atoms. The summed E-state index contributed by atoms with van der Waals surface area (Å²) in [5, 5.41) is 0. The standard InChI is InChI=1S/C25H29NO8S/c1-29-19-9-7-17(8-10-19)16-26(18-13-23(32-4)25(34-6)24(14-18)33-5)35(27,28)20-11-12-21(30-2)22(15-20)31-3/h7-15H,16H2,1-6H3. The van der Waals surface area contributed by atoms with E-state index >= 15 is 0 Å². The molecule has 9 nitrogen and oxygen atoms in total. The molecule has 0 bridgehead atoms. The molecule has 0 atom stereocenters. The van der Waals surface area contributed by atoms with Crippen LogP contribution in [0.3, 0.4) is 0 Å². The van der Waals surface area contributed by atoms with Crippen LogP contribution in [-0.2, 0) is 16.6 Å². The molecule has 0 saturated heterocycles. The zero-order chi connectivity index (χ0) is 25.6. The number of anilines is 1.